The number of piperidine rings is 1. The van der Waals surface area contributed by atoms with E-state index in [4.69, 9.17) is 14.7 Å². The molecule has 0 radical (unpaired) electrons. The molecular formula is C24H29N3O3. The van der Waals surface area contributed by atoms with Gasteiger partial charge in [0.05, 0.1) is 37.6 Å². The van der Waals surface area contributed by atoms with Gasteiger partial charge in [0.2, 0.25) is 0 Å². The maximum atomic E-state index is 12.0. The normalized spacial score (nSPS) is 14.2. The van der Waals surface area contributed by atoms with Crippen molar-refractivity contribution in [1.29, 1.82) is 5.26 Å². The highest BCUT2D eigenvalue weighted by Gasteiger charge is 2.24. The van der Waals surface area contributed by atoms with Crippen LogP contribution < -0.4 is 4.74 Å². The molecule has 30 heavy (non-hydrogen) atoms. The zero-order chi connectivity index (χ0) is 21.2. The summed E-state index contributed by atoms with van der Waals surface area (Å²) in [7, 11) is 0. The zero-order valence-corrected chi connectivity index (χ0v) is 17.5. The average molecular weight is 408 g/mol. The van der Waals surface area contributed by atoms with E-state index in [1.54, 1.807) is 11.1 Å². The Labute approximate surface area is 178 Å². The van der Waals surface area contributed by atoms with E-state index >= 15 is 0 Å². The quantitative estimate of drug-likeness (QED) is 0.585. The minimum atomic E-state index is -0.193. The molecule has 1 fully saturated rings. The third-order valence-electron chi connectivity index (χ3n) is 5.32. The molecule has 158 valence electrons. The summed E-state index contributed by atoms with van der Waals surface area (Å²) in [5.41, 5.74) is 2.84. The number of hydrogen-bond acceptors (Lipinski definition) is 5. The molecule has 0 aliphatic carbocycles. The van der Waals surface area contributed by atoms with Crippen LogP contribution in [-0.4, -0.2) is 42.3 Å². The molecule has 1 aliphatic rings. The predicted octanol–water partition coefficient (Wildman–Crippen LogP) is 4.84. The van der Waals surface area contributed by atoms with Gasteiger partial charge in [-0.05, 0) is 48.9 Å². The summed E-state index contributed by atoms with van der Waals surface area (Å²) in [6.07, 6.45) is 5.71. The van der Waals surface area contributed by atoms with Crippen LogP contribution >= 0.6 is 0 Å². The van der Waals surface area contributed by atoms with Gasteiger partial charge in [-0.1, -0.05) is 31.5 Å². The Morgan fingerprint density at radius 1 is 1.27 bits per heavy atom. The molecular weight excluding hydrogens is 378 g/mol. The first-order valence-electron chi connectivity index (χ1n) is 10.7. The summed E-state index contributed by atoms with van der Waals surface area (Å²) in [4.78, 5) is 18.3. The summed E-state index contributed by atoms with van der Waals surface area (Å²) < 4.78 is 11.2. The van der Waals surface area contributed by atoms with Crippen LogP contribution in [0.3, 0.4) is 0 Å². The number of amides is 1. The summed E-state index contributed by atoms with van der Waals surface area (Å²) >= 11 is 0. The Hall–Kier alpha value is -3.07. The molecule has 0 bridgehead atoms. The summed E-state index contributed by atoms with van der Waals surface area (Å²) in [5.74, 6) is 1.17. The number of hydrogen-bond donors (Lipinski definition) is 0. The Morgan fingerprint density at radius 2 is 2.10 bits per heavy atom. The van der Waals surface area contributed by atoms with Crippen LogP contribution in [-0.2, 0) is 11.2 Å². The number of unbranched alkanes of at least 4 members (excludes halogenated alkanes) is 1. The molecule has 1 aliphatic heterocycles. The first-order chi connectivity index (χ1) is 14.7. The van der Waals surface area contributed by atoms with Crippen molar-refractivity contribution < 1.29 is 14.3 Å². The maximum Gasteiger partial charge on any atom is 0.409 e. The highest BCUT2D eigenvalue weighted by atomic mass is 16.6. The number of ether oxygens (including phenoxy) is 2. The molecule has 6 heteroatoms. The fourth-order valence-electron chi connectivity index (χ4n) is 3.46. The smallest absolute Gasteiger partial charge is 0.409 e. The number of carbonyl (C=O) groups is 1. The SMILES string of the molecule is CCCCOC(=O)N1CCC(COc2ccc(-c3cccc(CC#N)c3)nc2)CC1. The van der Waals surface area contributed by atoms with Crippen molar-refractivity contribution in [1.82, 2.24) is 9.88 Å². The van der Waals surface area contributed by atoms with E-state index in [9.17, 15) is 4.79 Å². The molecule has 0 unspecified atom stereocenters. The fourth-order valence-corrected chi connectivity index (χ4v) is 3.46. The fraction of sp³-hybridized carbons (Fsp3) is 0.458. The van der Waals surface area contributed by atoms with Crippen LogP contribution in [0.15, 0.2) is 42.6 Å². The van der Waals surface area contributed by atoms with Gasteiger partial charge < -0.3 is 14.4 Å². The first-order valence-corrected chi connectivity index (χ1v) is 10.7. The molecule has 1 aromatic heterocycles. The number of benzene rings is 1. The van der Waals surface area contributed by atoms with Gasteiger partial charge in [-0.15, -0.1) is 0 Å². The largest absolute Gasteiger partial charge is 0.492 e. The third-order valence-corrected chi connectivity index (χ3v) is 5.32. The lowest BCUT2D eigenvalue weighted by Crippen LogP contribution is -2.40. The van der Waals surface area contributed by atoms with Crippen LogP contribution in [0.2, 0.25) is 0 Å². The van der Waals surface area contributed by atoms with Gasteiger partial charge in [-0.25, -0.2) is 4.79 Å². The van der Waals surface area contributed by atoms with Gasteiger partial charge in [0.25, 0.3) is 0 Å². The summed E-state index contributed by atoms with van der Waals surface area (Å²) in [6, 6.07) is 13.9. The minimum absolute atomic E-state index is 0.193. The summed E-state index contributed by atoms with van der Waals surface area (Å²) in [5, 5.41) is 8.86. The van der Waals surface area contributed by atoms with Gasteiger partial charge in [-0.3, -0.25) is 4.98 Å². The zero-order valence-electron chi connectivity index (χ0n) is 17.5. The van der Waals surface area contributed by atoms with Crippen molar-refractivity contribution in [3.8, 4) is 23.1 Å². The first kappa shape index (κ1) is 21.6. The van der Waals surface area contributed by atoms with Crippen molar-refractivity contribution in [2.45, 2.75) is 39.0 Å². The van der Waals surface area contributed by atoms with E-state index in [0.29, 0.717) is 25.6 Å². The molecule has 6 nitrogen and oxygen atoms in total. The summed E-state index contributed by atoms with van der Waals surface area (Å²) in [6.45, 7) is 4.64. The van der Waals surface area contributed by atoms with Gasteiger partial charge in [-0.2, -0.15) is 5.26 Å². The van der Waals surface area contributed by atoms with Crippen LogP contribution in [0.25, 0.3) is 11.3 Å². The topological polar surface area (TPSA) is 75.4 Å². The monoisotopic (exact) mass is 407 g/mol. The molecule has 3 rings (SSSR count). The maximum absolute atomic E-state index is 12.0. The number of aromatic nitrogens is 1. The van der Waals surface area contributed by atoms with Crippen LogP contribution in [0.4, 0.5) is 4.79 Å². The standard InChI is InChI=1S/C24H29N3O3/c1-2-3-15-29-24(28)27-13-10-20(11-14-27)18-30-22-7-8-23(26-17-22)21-6-4-5-19(16-21)9-12-25/h4-8,16-17,20H,2-3,9-11,13-15,18H2,1H3. The van der Waals surface area contributed by atoms with E-state index in [2.05, 4.69) is 18.0 Å². The van der Waals surface area contributed by atoms with Gasteiger partial charge in [0.1, 0.15) is 5.75 Å². The third kappa shape index (κ3) is 6.21. The number of likely N-dealkylation sites (tertiary alicyclic amines) is 1. The van der Waals surface area contributed by atoms with Crippen molar-refractivity contribution in [2.75, 3.05) is 26.3 Å². The van der Waals surface area contributed by atoms with Gasteiger partial charge in [0.15, 0.2) is 0 Å². The number of pyridine rings is 1. The number of nitriles is 1. The van der Waals surface area contributed by atoms with Crippen LogP contribution in [0.5, 0.6) is 5.75 Å². The van der Waals surface area contributed by atoms with E-state index in [1.165, 1.54) is 0 Å². The van der Waals surface area contributed by atoms with E-state index < -0.39 is 0 Å². The Kier molecular flexibility index (Phi) is 8.08. The van der Waals surface area contributed by atoms with Crippen molar-refractivity contribution in [2.24, 2.45) is 5.92 Å². The lowest BCUT2D eigenvalue weighted by atomic mass is 9.98. The van der Waals surface area contributed by atoms with Gasteiger partial charge in [0, 0.05) is 18.7 Å². The highest BCUT2D eigenvalue weighted by Crippen LogP contribution is 2.23. The van der Waals surface area contributed by atoms with Crippen molar-refractivity contribution in [3.05, 3.63) is 48.2 Å². The predicted molar refractivity (Wildman–Crippen MR) is 115 cm³/mol. The minimum Gasteiger partial charge on any atom is -0.492 e. The molecule has 1 amide bonds. The van der Waals surface area contributed by atoms with Gasteiger partial charge >= 0.3 is 6.09 Å². The van der Waals surface area contributed by atoms with Crippen LogP contribution in [0.1, 0.15) is 38.2 Å². The number of rotatable bonds is 8. The lowest BCUT2D eigenvalue weighted by Gasteiger charge is -2.31. The Morgan fingerprint density at radius 3 is 2.80 bits per heavy atom. The van der Waals surface area contributed by atoms with Crippen molar-refractivity contribution >= 4 is 6.09 Å². The molecule has 1 aromatic carbocycles. The highest BCUT2D eigenvalue weighted by molar-refractivity contribution is 5.67. The van der Waals surface area contributed by atoms with E-state index in [-0.39, 0.29) is 6.09 Å². The molecule has 0 N–H and O–H groups in total. The second-order valence-electron chi connectivity index (χ2n) is 7.62. The Balaban J connectivity index is 1.44. The second kappa shape index (κ2) is 11.2. The number of nitrogens with zero attached hydrogens (tertiary/aromatic N) is 3. The van der Waals surface area contributed by atoms with Crippen LogP contribution in [0, 0.1) is 17.2 Å². The average Bonchev–Trinajstić information content (AvgIpc) is 2.79. The molecule has 0 saturated carbocycles. The van der Waals surface area contributed by atoms with E-state index in [0.717, 1.165) is 61.3 Å². The second-order valence-corrected chi connectivity index (χ2v) is 7.62. The molecule has 2 aromatic rings. The molecule has 1 saturated heterocycles. The Bertz CT molecular complexity index is 853. The molecule has 2 heterocycles. The lowest BCUT2D eigenvalue weighted by molar-refractivity contribution is 0.0800. The van der Waals surface area contributed by atoms with Crippen molar-refractivity contribution in [3.63, 3.8) is 0 Å². The van der Waals surface area contributed by atoms with E-state index in [1.807, 2.05) is 36.4 Å². The number of carbonyl (C=O) groups excluding carboxylic acids is 1. The molecule has 0 spiro atoms. The molecule has 0 atom stereocenters.